The number of benzene rings is 2. The van der Waals surface area contributed by atoms with E-state index in [1.807, 2.05) is 58.8 Å². The van der Waals surface area contributed by atoms with Crippen molar-refractivity contribution in [3.05, 3.63) is 82.0 Å². The Morgan fingerprint density at radius 1 is 1.07 bits per heavy atom. The van der Waals surface area contributed by atoms with Gasteiger partial charge in [-0.25, -0.2) is 4.79 Å². The molecule has 154 valence electrons. The van der Waals surface area contributed by atoms with Crippen molar-refractivity contribution in [1.82, 2.24) is 4.90 Å². The third-order valence-corrected chi connectivity index (χ3v) is 6.17. The molecule has 5 nitrogen and oxygen atoms in total. The summed E-state index contributed by atoms with van der Waals surface area (Å²) in [5.41, 5.74) is 3.88. The monoisotopic (exact) mass is 419 g/mol. The fourth-order valence-corrected chi connectivity index (χ4v) is 4.39. The van der Waals surface area contributed by atoms with Gasteiger partial charge in [0, 0.05) is 35.9 Å². The molecule has 1 aliphatic heterocycles. The van der Waals surface area contributed by atoms with Crippen LogP contribution in [0.2, 0.25) is 0 Å². The molecule has 1 aromatic heterocycles. The van der Waals surface area contributed by atoms with Crippen molar-refractivity contribution in [2.75, 3.05) is 23.3 Å². The number of hydrogen-bond acceptors (Lipinski definition) is 3. The van der Waals surface area contributed by atoms with Gasteiger partial charge < -0.3 is 10.2 Å². The Labute approximate surface area is 180 Å². The third kappa shape index (κ3) is 4.71. The van der Waals surface area contributed by atoms with Crippen molar-refractivity contribution in [3.63, 3.8) is 0 Å². The molecule has 30 heavy (non-hydrogen) atoms. The zero-order chi connectivity index (χ0) is 20.9. The number of thiophene rings is 1. The van der Waals surface area contributed by atoms with Crippen LogP contribution in [0, 0.1) is 6.92 Å². The Hall–Kier alpha value is -3.12. The number of nitrogens with one attached hydrogen (secondary N) is 1. The van der Waals surface area contributed by atoms with Gasteiger partial charge in [-0.3, -0.25) is 9.69 Å². The third-order valence-electron chi connectivity index (χ3n) is 5.29. The molecule has 0 aliphatic carbocycles. The number of carbonyl (C=O) groups is 2. The van der Waals surface area contributed by atoms with Gasteiger partial charge in [0.1, 0.15) is 0 Å². The molecule has 0 atom stereocenters. The van der Waals surface area contributed by atoms with Crippen LogP contribution in [0.25, 0.3) is 0 Å². The number of anilines is 2. The zero-order valence-corrected chi connectivity index (χ0v) is 17.8. The predicted octanol–water partition coefficient (Wildman–Crippen LogP) is 5.07. The molecule has 2 heterocycles. The summed E-state index contributed by atoms with van der Waals surface area (Å²) in [6, 6.07) is 19.6. The Balaban J connectivity index is 1.45. The first-order valence-electron chi connectivity index (χ1n) is 10.1. The van der Waals surface area contributed by atoms with Crippen molar-refractivity contribution in [1.29, 1.82) is 0 Å². The summed E-state index contributed by atoms with van der Waals surface area (Å²) in [7, 11) is 0. The average Bonchev–Trinajstić information content (AvgIpc) is 3.24. The predicted molar refractivity (Wildman–Crippen MR) is 122 cm³/mol. The summed E-state index contributed by atoms with van der Waals surface area (Å²) in [5, 5.41) is 4.92. The first kappa shape index (κ1) is 20.2. The van der Waals surface area contributed by atoms with Crippen molar-refractivity contribution in [2.45, 2.75) is 26.3 Å². The number of aryl methyl sites for hydroxylation is 1. The van der Waals surface area contributed by atoms with E-state index in [0.717, 1.165) is 23.5 Å². The lowest BCUT2D eigenvalue weighted by Crippen LogP contribution is -2.49. The summed E-state index contributed by atoms with van der Waals surface area (Å²) in [6.07, 6.45) is 1.27. The van der Waals surface area contributed by atoms with Crippen LogP contribution in [0.5, 0.6) is 0 Å². The van der Waals surface area contributed by atoms with E-state index in [4.69, 9.17) is 0 Å². The second-order valence-corrected chi connectivity index (χ2v) is 8.52. The molecule has 1 aliphatic rings. The minimum atomic E-state index is -0.0549. The van der Waals surface area contributed by atoms with Crippen molar-refractivity contribution in [3.8, 4) is 0 Å². The lowest BCUT2D eigenvalue weighted by atomic mass is 10.1. The Bertz CT molecular complexity index is 1030. The molecule has 1 saturated heterocycles. The van der Waals surface area contributed by atoms with Gasteiger partial charge in [0.25, 0.3) is 0 Å². The highest BCUT2D eigenvalue weighted by Gasteiger charge is 2.27. The van der Waals surface area contributed by atoms with Gasteiger partial charge in [-0.2, -0.15) is 0 Å². The lowest BCUT2D eigenvalue weighted by molar-refractivity contribution is -0.115. The minimum absolute atomic E-state index is 0.00608. The van der Waals surface area contributed by atoms with Gasteiger partial charge >= 0.3 is 6.03 Å². The van der Waals surface area contributed by atoms with Gasteiger partial charge in [0.15, 0.2) is 0 Å². The second-order valence-electron chi connectivity index (χ2n) is 7.49. The van der Waals surface area contributed by atoms with E-state index in [1.54, 1.807) is 16.2 Å². The molecule has 1 fully saturated rings. The molecule has 3 amide bonds. The van der Waals surface area contributed by atoms with E-state index in [0.29, 0.717) is 25.2 Å². The highest BCUT2D eigenvalue weighted by molar-refractivity contribution is 7.10. The Kier molecular flexibility index (Phi) is 6.14. The van der Waals surface area contributed by atoms with E-state index in [9.17, 15) is 9.59 Å². The highest BCUT2D eigenvalue weighted by atomic mass is 32.1. The van der Waals surface area contributed by atoms with Crippen molar-refractivity contribution < 1.29 is 9.59 Å². The number of rotatable bonds is 6. The van der Waals surface area contributed by atoms with Gasteiger partial charge in [-0.1, -0.05) is 36.4 Å². The Morgan fingerprint density at radius 2 is 1.93 bits per heavy atom. The molecular weight excluding hydrogens is 394 g/mol. The van der Waals surface area contributed by atoms with Crippen molar-refractivity contribution in [2.24, 2.45) is 0 Å². The fourth-order valence-electron chi connectivity index (χ4n) is 3.69. The molecule has 0 radical (unpaired) electrons. The standard InChI is InChI=1S/C24H25N3O2S/c1-18-7-2-3-8-19(18)17-26-12-6-13-27(24(26)29)21-10-4-9-20(15-21)25-23(28)16-22-11-5-14-30-22/h2-5,7-11,14-15H,6,12-13,16-17H2,1H3,(H,25,28). The maximum absolute atomic E-state index is 13.2. The Morgan fingerprint density at radius 3 is 2.73 bits per heavy atom. The van der Waals surface area contributed by atoms with Crippen LogP contribution in [-0.2, 0) is 17.8 Å². The molecule has 6 heteroatoms. The number of amides is 3. The number of hydrogen-bond donors (Lipinski definition) is 1. The molecule has 1 N–H and O–H groups in total. The van der Waals surface area contributed by atoms with Crippen molar-refractivity contribution >= 4 is 34.6 Å². The lowest BCUT2D eigenvalue weighted by Gasteiger charge is -2.36. The summed E-state index contributed by atoms with van der Waals surface area (Å²) in [5.74, 6) is -0.0549. The molecular formula is C24H25N3O2S. The topological polar surface area (TPSA) is 52.6 Å². The summed E-state index contributed by atoms with van der Waals surface area (Å²) >= 11 is 1.57. The molecule has 0 saturated carbocycles. The van der Waals surface area contributed by atoms with E-state index in [-0.39, 0.29) is 11.9 Å². The summed E-state index contributed by atoms with van der Waals surface area (Å²) < 4.78 is 0. The van der Waals surface area contributed by atoms with Crippen LogP contribution in [0.15, 0.2) is 66.0 Å². The number of urea groups is 1. The summed E-state index contributed by atoms with van der Waals surface area (Å²) in [6.45, 7) is 4.11. The first-order chi connectivity index (χ1) is 14.6. The molecule has 0 unspecified atom stereocenters. The SMILES string of the molecule is Cc1ccccc1CN1CCCN(c2cccc(NC(=O)Cc3cccs3)c2)C1=O. The molecule has 0 spiro atoms. The maximum atomic E-state index is 13.2. The van der Waals surface area contributed by atoms with E-state index < -0.39 is 0 Å². The molecule has 0 bridgehead atoms. The molecule has 4 rings (SSSR count). The molecule has 3 aromatic rings. The fraction of sp³-hybridized carbons (Fsp3) is 0.250. The largest absolute Gasteiger partial charge is 0.326 e. The van der Waals surface area contributed by atoms with Gasteiger partial charge in [0.2, 0.25) is 5.91 Å². The number of carbonyl (C=O) groups excluding carboxylic acids is 2. The van der Waals surface area contributed by atoms with Gasteiger partial charge in [-0.05, 0) is 54.1 Å². The van der Waals surface area contributed by atoms with Gasteiger partial charge in [0.05, 0.1) is 6.42 Å². The van der Waals surface area contributed by atoms with Crippen LogP contribution < -0.4 is 10.2 Å². The van der Waals surface area contributed by atoms with Crippen LogP contribution in [-0.4, -0.2) is 29.9 Å². The second kappa shape index (κ2) is 9.13. The normalized spacial score (nSPS) is 14.1. The quantitative estimate of drug-likeness (QED) is 0.606. The van der Waals surface area contributed by atoms with E-state index in [2.05, 4.69) is 24.4 Å². The van der Waals surface area contributed by atoms with Gasteiger partial charge in [-0.15, -0.1) is 11.3 Å². The highest BCUT2D eigenvalue weighted by Crippen LogP contribution is 2.25. The molecule has 2 aromatic carbocycles. The average molecular weight is 420 g/mol. The maximum Gasteiger partial charge on any atom is 0.324 e. The van der Waals surface area contributed by atoms with E-state index >= 15 is 0 Å². The number of nitrogens with zero attached hydrogens (tertiary/aromatic N) is 2. The minimum Gasteiger partial charge on any atom is -0.326 e. The van der Waals surface area contributed by atoms with Crippen LogP contribution in [0.1, 0.15) is 22.4 Å². The van der Waals surface area contributed by atoms with Crippen LogP contribution in [0.4, 0.5) is 16.2 Å². The smallest absolute Gasteiger partial charge is 0.324 e. The zero-order valence-electron chi connectivity index (χ0n) is 17.0. The first-order valence-corrected chi connectivity index (χ1v) is 11.0. The van der Waals surface area contributed by atoms with Crippen LogP contribution >= 0.6 is 11.3 Å². The van der Waals surface area contributed by atoms with Crippen LogP contribution in [0.3, 0.4) is 0 Å². The van der Waals surface area contributed by atoms with E-state index in [1.165, 1.54) is 11.1 Å². The summed E-state index contributed by atoms with van der Waals surface area (Å²) in [4.78, 5) is 30.2.